The van der Waals surface area contributed by atoms with Gasteiger partial charge in [0.05, 0.1) is 23.8 Å². The fourth-order valence-corrected chi connectivity index (χ4v) is 3.66. The van der Waals surface area contributed by atoms with E-state index in [9.17, 15) is 14.7 Å². The summed E-state index contributed by atoms with van der Waals surface area (Å²) in [5.41, 5.74) is 2.24. The van der Waals surface area contributed by atoms with Crippen LogP contribution in [0, 0.1) is 0 Å². The van der Waals surface area contributed by atoms with E-state index in [2.05, 4.69) is 16.8 Å². The van der Waals surface area contributed by atoms with Gasteiger partial charge in [-0.2, -0.15) is 0 Å². The van der Waals surface area contributed by atoms with Crippen LogP contribution in [0.3, 0.4) is 0 Å². The molecule has 1 fully saturated rings. The van der Waals surface area contributed by atoms with Gasteiger partial charge >= 0.3 is 5.97 Å². The molecule has 2 heterocycles. The third-order valence-electron chi connectivity index (χ3n) is 5.52. The van der Waals surface area contributed by atoms with E-state index >= 15 is 0 Å². The van der Waals surface area contributed by atoms with E-state index in [0.29, 0.717) is 29.0 Å². The second-order valence-electron chi connectivity index (χ2n) is 7.57. The zero-order valence-corrected chi connectivity index (χ0v) is 17.1. The fourth-order valence-electron chi connectivity index (χ4n) is 3.66. The van der Waals surface area contributed by atoms with Crippen molar-refractivity contribution in [3.63, 3.8) is 0 Å². The molecule has 4 rings (SSSR count). The van der Waals surface area contributed by atoms with Crippen LogP contribution in [0.5, 0.6) is 11.5 Å². The highest BCUT2D eigenvalue weighted by atomic mass is 16.5. The number of hydrogen-bond acceptors (Lipinski definition) is 7. The minimum atomic E-state index is -0.418. The number of carbonyl (C=O) groups excluding carboxylic acids is 2. The Bertz CT molecular complexity index is 1000. The van der Waals surface area contributed by atoms with Crippen molar-refractivity contribution in [2.45, 2.75) is 6.54 Å². The number of nitrogens with zero attached hydrogens (tertiary/aromatic N) is 2. The van der Waals surface area contributed by atoms with Crippen LogP contribution in [0.2, 0.25) is 0 Å². The third kappa shape index (κ3) is 3.94. The Morgan fingerprint density at radius 1 is 1.13 bits per heavy atom. The van der Waals surface area contributed by atoms with Gasteiger partial charge < -0.3 is 19.5 Å². The third-order valence-corrected chi connectivity index (χ3v) is 5.52. The maximum atomic E-state index is 12.9. The smallest absolute Gasteiger partial charge is 0.337 e. The summed E-state index contributed by atoms with van der Waals surface area (Å²) in [6.45, 7) is 4.23. The molecule has 2 aromatic carbocycles. The number of allylic oxidation sites excluding steroid dienone is 1. The van der Waals surface area contributed by atoms with Crippen LogP contribution in [0.15, 0.2) is 42.2 Å². The Balaban J connectivity index is 1.58. The number of carbonyl (C=O) groups is 2. The number of methoxy groups -OCH3 is 1. The van der Waals surface area contributed by atoms with Gasteiger partial charge in [-0.05, 0) is 43.0 Å². The molecule has 30 heavy (non-hydrogen) atoms. The van der Waals surface area contributed by atoms with Crippen LogP contribution in [-0.4, -0.2) is 67.0 Å². The lowest BCUT2D eigenvalue weighted by Gasteiger charge is -2.32. The molecule has 7 nitrogen and oxygen atoms in total. The number of piperazine rings is 1. The van der Waals surface area contributed by atoms with Crippen molar-refractivity contribution in [3.05, 3.63) is 64.4 Å². The average molecular weight is 408 g/mol. The predicted molar refractivity (Wildman–Crippen MR) is 112 cm³/mol. The summed E-state index contributed by atoms with van der Waals surface area (Å²) < 4.78 is 10.6. The molecule has 2 aromatic rings. The number of likely N-dealkylation sites (N-methyl/N-ethyl adjacent to an activating group) is 1. The number of benzene rings is 2. The molecule has 156 valence electrons. The molecule has 0 atom stereocenters. The maximum absolute atomic E-state index is 12.9. The summed E-state index contributed by atoms with van der Waals surface area (Å²) in [5.74, 6) is 0.113. The van der Waals surface area contributed by atoms with Crippen LogP contribution < -0.4 is 4.74 Å². The van der Waals surface area contributed by atoms with Crippen molar-refractivity contribution in [1.82, 2.24) is 9.80 Å². The second kappa shape index (κ2) is 8.30. The number of phenols is 1. The summed E-state index contributed by atoms with van der Waals surface area (Å²) in [6.07, 6.45) is 1.64. The zero-order valence-electron chi connectivity index (χ0n) is 17.1. The molecule has 0 aromatic heterocycles. The van der Waals surface area contributed by atoms with Gasteiger partial charge in [-0.25, -0.2) is 4.79 Å². The molecule has 7 heteroatoms. The molecule has 0 bridgehead atoms. The minimum absolute atomic E-state index is 0.129. The molecular formula is C23H24N2O5. The highest BCUT2D eigenvalue weighted by Gasteiger charge is 2.32. The van der Waals surface area contributed by atoms with E-state index < -0.39 is 5.97 Å². The first-order valence-corrected chi connectivity index (χ1v) is 9.84. The van der Waals surface area contributed by atoms with Crippen molar-refractivity contribution in [2.75, 3.05) is 40.3 Å². The number of hydrogen-bond donors (Lipinski definition) is 1. The summed E-state index contributed by atoms with van der Waals surface area (Å²) >= 11 is 0. The van der Waals surface area contributed by atoms with E-state index in [1.807, 2.05) is 0 Å². The standard InChI is InChI=1S/C23H24N2O5/c1-24-9-11-25(12-10-24)14-18-19(26)8-7-17-21(27)20(30-22(17)18)13-15-3-5-16(6-4-15)23(28)29-2/h3-8,13,26H,9-12,14H2,1-2H3. The van der Waals surface area contributed by atoms with Crippen LogP contribution >= 0.6 is 0 Å². The second-order valence-corrected chi connectivity index (χ2v) is 7.57. The topological polar surface area (TPSA) is 79.3 Å². The van der Waals surface area contributed by atoms with Gasteiger partial charge in [-0.1, -0.05) is 12.1 Å². The highest BCUT2D eigenvalue weighted by molar-refractivity contribution is 6.15. The van der Waals surface area contributed by atoms with E-state index in [-0.39, 0.29) is 17.3 Å². The van der Waals surface area contributed by atoms with Gasteiger partial charge in [-0.3, -0.25) is 9.69 Å². The lowest BCUT2D eigenvalue weighted by atomic mass is 10.0. The first-order chi connectivity index (χ1) is 14.5. The van der Waals surface area contributed by atoms with E-state index in [4.69, 9.17) is 9.47 Å². The first-order valence-electron chi connectivity index (χ1n) is 9.84. The monoisotopic (exact) mass is 408 g/mol. The Hall–Kier alpha value is -3.16. The first kappa shape index (κ1) is 20.1. The van der Waals surface area contributed by atoms with Gasteiger partial charge in [-0.15, -0.1) is 0 Å². The fraction of sp³-hybridized carbons (Fsp3) is 0.304. The van der Waals surface area contributed by atoms with E-state index in [1.165, 1.54) is 7.11 Å². The highest BCUT2D eigenvalue weighted by Crippen LogP contribution is 2.40. The van der Waals surface area contributed by atoms with Crippen LogP contribution in [0.1, 0.15) is 31.8 Å². The number of fused-ring (bicyclic) bond motifs is 1. The largest absolute Gasteiger partial charge is 0.507 e. The molecule has 1 saturated heterocycles. The number of esters is 1. The normalized spacial score (nSPS) is 18.3. The molecule has 0 amide bonds. The molecule has 2 aliphatic heterocycles. The molecule has 1 N–H and O–H groups in total. The Morgan fingerprint density at radius 2 is 1.83 bits per heavy atom. The Kier molecular flexibility index (Phi) is 5.57. The van der Waals surface area contributed by atoms with E-state index in [1.54, 1.807) is 42.5 Å². The van der Waals surface area contributed by atoms with Crippen LogP contribution in [0.25, 0.3) is 6.08 Å². The quantitative estimate of drug-likeness (QED) is 0.615. The van der Waals surface area contributed by atoms with Gasteiger partial charge in [0.2, 0.25) is 5.78 Å². The summed E-state index contributed by atoms with van der Waals surface area (Å²) in [4.78, 5) is 28.9. The molecular weight excluding hydrogens is 384 g/mol. The number of ether oxygens (including phenoxy) is 2. The predicted octanol–water partition coefficient (Wildman–Crippen LogP) is 2.54. The molecule has 0 radical (unpaired) electrons. The lowest BCUT2D eigenvalue weighted by Crippen LogP contribution is -2.43. The Labute approximate surface area is 175 Å². The number of phenolic OH excluding ortho intramolecular Hbond substituents is 1. The number of ketones is 1. The SMILES string of the molecule is COC(=O)c1ccc(C=C2Oc3c(ccc(O)c3CN3CCN(C)CC3)C2=O)cc1. The van der Waals surface area contributed by atoms with Gasteiger partial charge in [0, 0.05) is 32.7 Å². The Morgan fingerprint density at radius 3 is 2.50 bits per heavy atom. The molecule has 0 saturated carbocycles. The van der Waals surface area contributed by atoms with Crippen molar-refractivity contribution in [1.29, 1.82) is 0 Å². The van der Waals surface area contributed by atoms with Crippen LogP contribution in [0.4, 0.5) is 0 Å². The molecule has 0 aliphatic carbocycles. The summed E-state index contributed by atoms with van der Waals surface area (Å²) in [6, 6.07) is 9.87. The lowest BCUT2D eigenvalue weighted by molar-refractivity contribution is 0.0600. The molecule has 0 unspecified atom stereocenters. The zero-order chi connectivity index (χ0) is 21.3. The summed E-state index contributed by atoms with van der Waals surface area (Å²) in [7, 11) is 3.42. The summed E-state index contributed by atoms with van der Waals surface area (Å²) in [5, 5.41) is 10.4. The minimum Gasteiger partial charge on any atom is -0.507 e. The molecule has 0 spiro atoms. The van der Waals surface area contributed by atoms with Gasteiger partial charge in [0.15, 0.2) is 5.76 Å². The van der Waals surface area contributed by atoms with Crippen molar-refractivity contribution in [2.24, 2.45) is 0 Å². The molecule has 2 aliphatic rings. The van der Waals surface area contributed by atoms with Crippen molar-refractivity contribution < 1.29 is 24.2 Å². The van der Waals surface area contributed by atoms with Crippen LogP contribution in [-0.2, 0) is 11.3 Å². The number of Topliss-reactive ketones (excluding diaryl/α,β-unsaturated/α-hetero) is 1. The van der Waals surface area contributed by atoms with Gasteiger partial charge in [0.1, 0.15) is 11.5 Å². The number of aromatic hydroxyl groups is 1. The van der Waals surface area contributed by atoms with E-state index in [0.717, 1.165) is 31.7 Å². The van der Waals surface area contributed by atoms with Crippen molar-refractivity contribution in [3.8, 4) is 11.5 Å². The van der Waals surface area contributed by atoms with Gasteiger partial charge in [0.25, 0.3) is 0 Å². The average Bonchev–Trinajstić information content (AvgIpc) is 3.07. The van der Waals surface area contributed by atoms with Crippen molar-refractivity contribution >= 4 is 17.8 Å². The maximum Gasteiger partial charge on any atom is 0.337 e. The number of rotatable bonds is 4.